The standard InChI is InChI=1S/C32H36N6O3/c1-2-40-30(33)23-11-10-22-18-29(31(39)36-24-12-14-25(15-13-24)37-32(34)35)38(28(22)19-23)20-21-8-16-27(17-9-21)41-26-6-4-3-5-7-26/h3-11,16-19,24-25,33H,2,12-15,20H2,1H3,(H,36,39)(H4,34,35,37). The zero-order chi connectivity index (χ0) is 28.8. The maximum absolute atomic E-state index is 13.6. The molecule has 41 heavy (non-hydrogen) atoms. The zero-order valence-corrected chi connectivity index (χ0v) is 23.2. The summed E-state index contributed by atoms with van der Waals surface area (Å²) in [4.78, 5) is 13.6. The van der Waals surface area contributed by atoms with E-state index in [9.17, 15) is 4.79 Å². The highest BCUT2D eigenvalue weighted by atomic mass is 16.5. The summed E-state index contributed by atoms with van der Waals surface area (Å²) in [5, 5.41) is 22.9. The quantitative estimate of drug-likeness (QED) is 0.140. The average Bonchev–Trinajstić information content (AvgIpc) is 3.33. The summed E-state index contributed by atoms with van der Waals surface area (Å²) in [6.07, 6.45) is 3.31. The lowest BCUT2D eigenvalue weighted by Crippen LogP contribution is -2.45. The van der Waals surface area contributed by atoms with Crippen molar-refractivity contribution < 1.29 is 14.3 Å². The number of nitrogens with zero attached hydrogens (tertiary/aromatic N) is 1. The number of carbonyl (C=O) groups excluding carboxylic acids is 1. The van der Waals surface area contributed by atoms with E-state index < -0.39 is 0 Å². The Balaban J connectivity index is 1.39. The molecular weight excluding hydrogens is 516 g/mol. The summed E-state index contributed by atoms with van der Waals surface area (Å²) in [6, 6.07) is 25.3. The Morgan fingerprint density at radius 1 is 0.902 bits per heavy atom. The second kappa shape index (κ2) is 12.6. The fraction of sp³-hybridized carbons (Fsp3) is 0.281. The van der Waals surface area contributed by atoms with Gasteiger partial charge in [-0.2, -0.15) is 0 Å². The zero-order valence-electron chi connectivity index (χ0n) is 23.2. The molecule has 1 aliphatic rings. The molecule has 1 saturated carbocycles. The molecule has 0 radical (unpaired) electrons. The summed E-state index contributed by atoms with van der Waals surface area (Å²) in [5.41, 5.74) is 8.59. The molecule has 3 aromatic carbocycles. The first kappa shape index (κ1) is 27.8. The van der Waals surface area contributed by atoms with E-state index in [0.29, 0.717) is 24.4 Å². The first-order valence-electron chi connectivity index (χ1n) is 14.0. The van der Waals surface area contributed by atoms with E-state index in [1.165, 1.54) is 0 Å². The highest BCUT2D eigenvalue weighted by Gasteiger charge is 2.25. The molecular formula is C32H36N6O3. The minimum atomic E-state index is -0.130. The lowest BCUT2D eigenvalue weighted by atomic mass is 9.91. The summed E-state index contributed by atoms with van der Waals surface area (Å²) in [7, 11) is 0. The number of hydrogen-bond donors (Lipinski definition) is 5. The molecule has 212 valence electrons. The monoisotopic (exact) mass is 552 g/mol. The minimum absolute atomic E-state index is 0.0153. The van der Waals surface area contributed by atoms with E-state index >= 15 is 0 Å². The molecule has 0 aliphatic heterocycles. The van der Waals surface area contributed by atoms with E-state index in [-0.39, 0.29) is 29.8 Å². The van der Waals surface area contributed by atoms with Crippen LogP contribution >= 0.6 is 0 Å². The molecule has 0 bridgehead atoms. The molecule has 5 rings (SSSR count). The number of benzene rings is 3. The summed E-state index contributed by atoms with van der Waals surface area (Å²) in [5.74, 6) is 1.46. The van der Waals surface area contributed by atoms with Crippen molar-refractivity contribution >= 4 is 28.7 Å². The Morgan fingerprint density at radius 2 is 1.56 bits per heavy atom. The Labute approximate surface area is 239 Å². The normalized spacial score (nSPS) is 16.6. The number of carbonyl (C=O) groups is 1. The lowest BCUT2D eigenvalue weighted by Gasteiger charge is -2.29. The molecule has 0 saturated heterocycles. The van der Waals surface area contributed by atoms with Gasteiger partial charge in [0.2, 0.25) is 5.90 Å². The lowest BCUT2D eigenvalue weighted by molar-refractivity contribution is 0.0916. The van der Waals surface area contributed by atoms with Crippen LogP contribution in [0.2, 0.25) is 0 Å². The predicted molar refractivity (Wildman–Crippen MR) is 161 cm³/mol. The number of hydrogen-bond acceptors (Lipinski definition) is 5. The highest BCUT2D eigenvalue weighted by Crippen LogP contribution is 2.26. The van der Waals surface area contributed by atoms with Gasteiger partial charge in [-0.3, -0.25) is 15.6 Å². The third-order valence-electron chi connectivity index (χ3n) is 7.35. The fourth-order valence-electron chi connectivity index (χ4n) is 5.31. The van der Waals surface area contributed by atoms with Crippen LogP contribution in [0.5, 0.6) is 11.5 Å². The second-order valence-corrected chi connectivity index (χ2v) is 10.3. The molecule has 0 atom stereocenters. The van der Waals surface area contributed by atoms with E-state index in [0.717, 1.165) is 53.6 Å². The van der Waals surface area contributed by atoms with Crippen LogP contribution in [-0.4, -0.2) is 41.0 Å². The van der Waals surface area contributed by atoms with E-state index in [4.69, 9.17) is 26.0 Å². The summed E-state index contributed by atoms with van der Waals surface area (Å²) >= 11 is 0. The van der Waals surface area contributed by atoms with Gasteiger partial charge in [-0.05, 0) is 80.6 Å². The molecule has 1 aromatic heterocycles. The van der Waals surface area contributed by atoms with Crippen LogP contribution in [0.3, 0.4) is 0 Å². The maximum Gasteiger partial charge on any atom is 0.268 e. The summed E-state index contributed by atoms with van der Waals surface area (Å²) in [6.45, 7) is 2.73. The number of aromatic nitrogens is 1. The van der Waals surface area contributed by atoms with Crippen molar-refractivity contribution in [3.63, 3.8) is 0 Å². The van der Waals surface area contributed by atoms with E-state index in [2.05, 4.69) is 10.6 Å². The van der Waals surface area contributed by atoms with Gasteiger partial charge in [0.15, 0.2) is 5.96 Å². The molecule has 9 heteroatoms. The molecule has 1 aliphatic carbocycles. The van der Waals surface area contributed by atoms with Crippen LogP contribution in [0.25, 0.3) is 10.9 Å². The second-order valence-electron chi connectivity index (χ2n) is 10.3. The first-order valence-corrected chi connectivity index (χ1v) is 14.0. The highest BCUT2D eigenvalue weighted by molar-refractivity contribution is 6.01. The Hall–Kier alpha value is -4.79. The maximum atomic E-state index is 13.6. The predicted octanol–water partition coefficient (Wildman–Crippen LogP) is 5.37. The van der Waals surface area contributed by atoms with Crippen LogP contribution in [0, 0.1) is 10.8 Å². The molecule has 6 N–H and O–H groups in total. The van der Waals surface area contributed by atoms with Crippen LogP contribution in [0.4, 0.5) is 0 Å². The van der Waals surface area contributed by atoms with Gasteiger partial charge in [-0.15, -0.1) is 0 Å². The average molecular weight is 553 g/mol. The van der Waals surface area contributed by atoms with E-state index in [1.54, 1.807) is 0 Å². The van der Waals surface area contributed by atoms with Gasteiger partial charge in [0, 0.05) is 35.1 Å². The number of nitrogens with one attached hydrogen (secondary N) is 4. The fourth-order valence-corrected chi connectivity index (χ4v) is 5.31. The van der Waals surface area contributed by atoms with E-state index in [1.807, 2.05) is 90.4 Å². The first-order chi connectivity index (χ1) is 19.9. The number of amides is 1. The van der Waals surface area contributed by atoms with Gasteiger partial charge >= 0.3 is 0 Å². The third kappa shape index (κ3) is 6.87. The number of nitrogens with two attached hydrogens (primary N) is 1. The number of ether oxygens (including phenoxy) is 2. The van der Waals surface area contributed by atoms with Gasteiger partial charge < -0.3 is 30.4 Å². The van der Waals surface area contributed by atoms with Gasteiger partial charge in [-0.25, -0.2) is 0 Å². The van der Waals surface area contributed by atoms with Crippen LogP contribution in [0.1, 0.15) is 54.2 Å². The largest absolute Gasteiger partial charge is 0.478 e. The number of fused-ring (bicyclic) bond motifs is 1. The Bertz CT molecular complexity index is 1520. The smallest absolute Gasteiger partial charge is 0.268 e. The molecule has 0 unspecified atom stereocenters. The molecule has 9 nitrogen and oxygen atoms in total. The molecule has 1 amide bonds. The number of rotatable bonds is 9. The van der Waals surface area contributed by atoms with Gasteiger partial charge in [0.1, 0.15) is 17.2 Å². The van der Waals surface area contributed by atoms with Gasteiger partial charge in [-0.1, -0.05) is 36.4 Å². The van der Waals surface area contributed by atoms with Crippen LogP contribution < -0.4 is 21.1 Å². The van der Waals surface area contributed by atoms with Gasteiger partial charge in [0.25, 0.3) is 5.91 Å². The van der Waals surface area contributed by atoms with Gasteiger partial charge in [0.05, 0.1) is 6.61 Å². The third-order valence-corrected chi connectivity index (χ3v) is 7.35. The number of para-hydroxylation sites is 1. The van der Waals surface area contributed by atoms with Crippen molar-refractivity contribution in [3.8, 4) is 11.5 Å². The van der Waals surface area contributed by atoms with Crippen molar-refractivity contribution in [1.29, 1.82) is 10.8 Å². The molecule has 0 spiro atoms. The van der Waals surface area contributed by atoms with Crippen LogP contribution in [-0.2, 0) is 11.3 Å². The topological polar surface area (TPSA) is 138 Å². The van der Waals surface area contributed by atoms with Crippen LogP contribution in [0.15, 0.2) is 78.9 Å². The molecule has 1 heterocycles. The van der Waals surface area contributed by atoms with Crippen molar-refractivity contribution in [2.24, 2.45) is 5.73 Å². The summed E-state index contributed by atoms with van der Waals surface area (Å²) < 4.78 is 13.4. The molecule has 1 fully saturated rings. The van der Waals surface area contributed by atoms with Crippen molar-refractivity contribution in [2.45, 2.75) is 51.2 Å². The minimum Gasteiger partial charge on any atom is -0.478 e. The number of guanidine groups is 1. The Kier molecular flexibility index (Phi) is 8.53. The van der Waals surface area contributed by atoms with Crippen molar-refractivity contribution in [2.75, 3.05) is 6.61 Å². The van der Waals surface area contributed by atoms with Crippen molar-refractivity contribution in [1.82, 2.24) is 15.2 Å². The van der Waals surface area contributed by atoms with Crippen molar-refractivity contribution in [3.05, 3.63) is 95.7 Å². The Morgan fingerprint density at radius 3 is 2.22 bits per heavy atom. The SMILES string of the molecule is CCOC(=N)c1ccc2cc(C(=O)NC3CCC(NC(=N)N)CC3)n(Cc3ccc(Oc4ccccc4)cc3)c2c1. The molecule has 4 aromatic rings.